The van der Waals surface area contributed by atoms with Crippen LogP contribution in [0.5, 0.6) is 0 Å². The van der Waals surface area contributed by atoms with Crippen LogP contribution in [0.3, 0.4) is 0 Å². The van der Waals surface area contributed by atoms with Gasteiger partial charge in [0.1, 0.15) is 48.3 Å². The Kier molecular flexibility index (Phi) is 35.1. The van der Waals surface area contributed by atoms with Crippen molar-refractivity contribution in [3.05, 3.63) is 151 Å². The highest BCUT2D eigenvalue weighted by molar-refractivity contribution is 7.29. The molecule has 0 spiro atoms. The van der Waals surface area contributed by atoms with Gasteiger partial charge in [-0.3, -0.25) is 135 Å². The van der Waals surface area contributed by atoms with Gasteiger partial charge >= 0.3 is 35.8 Å². The van der Waals surface area contributed by atoms with Crippen molar-refractivity contribution in [3.63, 3.8) is 0 Å². The van der Waals surface area contributed by atoms with Crippen molar-refractivity contribution >= 4 is 221 Å². The van der Waals surface area contributed by atoms with Crippen LogP contribution < -0.4 is 63.8 Å². The lowest BCUT2D eigenvalue weighted by molar-refractivity contribution is -0.147. The van der Waals surface area contributed by atoms with Gasteiger partial charge in [0.15, 0.2) is 0 Å². The molecule has 48 nitrogen and oxygen atoms in total. The number of carbonyl (C=O) groups excluding carboxylic acids is 20. The molecule has 12 rings (SSSR count). The van der Waals surface area contributed by atoms with Gasteiger partial charge in [-0.25, -0.2) is 9.59 Å². The molecule has 0 unspecified atom stereocenters. The number of nitrogens with zero attached hydrogens (tertiary/aromatic N) is 4. The van der Waals surface area contributed by atoms with Crippen molar-refractivity contribution < 1.29 is 155 Å². The number of nitrogens with one attached hydrogen (secondary N) is 12. The highest BCUT2D eigenvalue weighted by Gasteiger charge is 2.44. The standard InChI is InChI=1S/C94H94N16O32S4/c1-5-29-107-85(131)43-13-17-47-75-48(18-14-44(73(43)75)86(107)132)90(136)109(89(47)135)31-9-7-11-51(79(125)103-53(33-69(115)116)81(127)99-41(3)77(123)105-55(93(139)140)35-71(119)120)101-67(113)39-95-65(111)37-97-83(129)63-27-25-61(145-63)59-23-21-57(143-59)58-22-24-60(144-58)62-26-28-64(146-62)84(130)98-38-66(112)96-40-68(114)102-52(80(126)104-54(34-70(117)118)82(128)100-42(4)78(124)106-56(94(141)142)36-72(121)122)12-8-10-32-110-91(137)49-19-15-45-74-46(16-20-50(76(49)74)92(110)138)88(134)108(30-6-2)87(45)133/h13-28,41-42,51-56H,5-12,29-40H2,1-4H3,(H,95,111)(H,96,112)(H,97,129)(H,98,130)(H,99,127)(H,100,128)(H,101,113)(H,102,114)(H,103,125)(H,104,126)(H,105,123)(H,106,124)(H,115,116)(H,117,118)(H,119,120)(H,121,122)(H,139,140)(H,141,142)/t41-,42-,51-,52-,53-,54-,55-,56-/m0/s1. The van der Waals surface area contributed by atoms with Gasteiger partial charge in [0.05, 0.1) is 61.6 Å². The van der Waals surface area contributed by atoms with E-state index < -0.39 is 254 Å². The Hall–Kier alpha value is -16.8. The van der Waals surface area contributed by atoms with Crippen molar-refractivity contribution in [2.24, 2.45) is 0 Å². The topological polar surface area (TPSA) is 723 Å². The molecule has 0 saturated heterocycles. The summed E-state index contributed by atoms with van der Waals surface area (Å²) in [5.74, 6) is -28.3. The van der Waals surface area contributed by atoms with Crippen LogP contribution in [0, 0.1) is 0 Å². The minimum Gasteiger partial charge on any atom is -0.481 e. The molecule has 8 aromatic rings. The van der Waals surface area contributed by atoms with Crippen molar-refractivity contribution in [1.29, 1.82) is 0 Å². The van der Waals surface area contributed by atoms with Gasteiger partial charge in [0.25, 0.3) is 59.1 Å². The number of imide groups is 4. The van der Waals surface area contributed by atoms with Crippen molar-refractivity contribution in [2.75, 3.05) is 52.4 Å². The molecule has 0 radical (unpaired) electrons. The summed E-state index contributed by atoms with van der Waals surface area (Å²) < 4.78 is 0. The molecule has 18 N–H and O–H groups in total. The fourth-order valence-electron chi connectivity index (χ4n) is 16.3. The van der Waals surface area contributed by atoms with E-state index in [0.717, 1.165) is 75.6 Å². The van der Waals surface area contributed by atoms with E-state index in [9.17, 15) is 145 Å². The lowest BCUT2D eigenvalue weighted by Crippen LogP contribution is -2.58. The summed E-state index contributed by atoms with van der Waals surface area (Å²) >= 11 is 4.90. The first-order valence-electron chi connectivity index (χ1n) is 45.3. The van der Waals surface area contributed by atoms with Crippen LogP contribution in [-0.2, 0) is 76.7 Å². The average Bonchev–Trinajstić information content (AvgIpc) is 0.768. The number of carboxylic acid groups (broad SMARTS) is 6. The Bertz CT molecular complexity index is 6260. The number of unbranched alkanes of at least 4 members (excludes halogenated alkanes) is 2. The molecule has 20 amide bonds. The summed E-state index contributed by atoms with van der Waals surface area (Å²) in [5, 5.41) is 84.2. The van der Waals surface area contributed by atoms with E-state index in [0.29, 0.717) is 22.6 Å². The van der Waals surface area contributed by atoms with E-state index in [4.69, 9.17) is 10.2 Å². The molecular formula is C94H94N16O32S4. The third-order valence-corrected chi connectivity index (χ3v) is 28.3. The Labute approximate surface area is 840 Å². The number of amides is 20. The lowest BCUT2D eigenvalue weighted by Gasteiger charge is -2.32. The zero-order chi connectivity index (χ0) is 106. The van der Waals surface area contributed by atoms with Crippen LogP contribution >= 0.6 is 45.3 Å². The molecule has 8 heterocycles. The molecule has 52 heteroatoms. The van der Waals surface area contributed by atoms with E-state index in [1.165, 1.54) is 83.3 Å². The van der Waals surface area contributed by atoms with E-state index in [-0.39, 0.29) is 141 Å². The molecule has 146 heavy (non-hydrogen) atoms. The van der Waals surface area contributed by atoms with Crippen LogP contribution in [0.2, 0.25) is 0 Å². The van der Waals surface area contributed by atoms with Gasteiger partial charge in [0, 0.05) is 121 Å². The Morgan fingerprint density at radius 2 is 0.507 bits per heavy atom. The first-order valence-corrected chi connectivity index (χ1v) is 48.5. The monoisotopic (exact) mass is 2090 g/mol. The zero-order valence-electron chi connectivity index (χ0n) is 77.7. The fourth-order valence-corrected chi connectivity index (χ4v) is 20.4. The van der Waals surface area contributed by atoms with Crippen LogP contribution in [0.15, 0.2) is 97.1 Å². The number of rotatable bonds is 51. The molecule has 0 saturated carbocycles. The largest absolute Gasteiger partial charge is 0.481 e. The molecule has 0 aliphatic carbocycles. The van der Waals surface area contributed by atoms with Gasteiger partial charge < -0.3 is 94.4 Å². The third kappa shape index (κ3) is 25.3. The number of thiophene rings is 4. The maximum atomic E-state index is 14.2. The Morgan fingerprint density at radius 1 is 0.267 bits per heavy atom. The molecule has 4 aromatic heterocycles. The highest BCUT2D eigenvalue weighted by Crippen LogP contribution is 2.45. The third-order valence-electron chi connectivity index (χ3n) is 23.4. The molecule has 0 fully saturated rings. The number of hydrogen-bond donors (Lipinski definition) is 18. The number of benzene rings is 4. The van der Waals surface area contributed by atoms with Gasteiger partial charge in [0.2, 0.25) is 59.1 Å². The van der Waals surface area contributed by atoms with Crippen LogP contribution in [0.25, 0.3) is 50.8 Å². The highest BCUT2D eigenvalue weighted by atomic mass is 32.1. The van der Waals surface area contributed by atoms with Crippen LogP contribution in [-0.4, -0.2) is 305 Å². The van der Waals surface area contributed by atoms with Gasteiger partial charge in [-0.2, -0.15) is 0 Å². The second kappa shape index (κ2) is 47.4. The quantitative estimate of drug-likeness (QED) is 0.0191. The number of carboxylic acids is 6. The number of hydrogen-bond acceptors (Lipinski definition) is 30. The summed E-state index contributed by atoms with van der Waals surface area (Å²) in [7, 11) is 0. The normalized spacial score (nSPS) is 14.5. The lowest BCUT2D eigenvalue weighted by atomic mass is 9.86. The molecule has 4 aliphatic rings. The van der Waals surface area contributed by atoms with E-state index in [1.807, 2.05) is 34.9 Å². The summed E-state index contributed by atoms with van der Waals surface area (Å²) in [6.45, 7) is 2.22. The minimum atomic E-state index is -2.01. The Balaban J connectivity index is 0.623. The van der Waals surface area contributed by atoms with Crippen LogP contribution in [0.1, 0.15) is 207 Å². The second-order valence-corrected chi connectivity index (χ2v) is 38.1. The molecule has 8 atom stereocenters. The van der Waals surface area contributed by atoms with Crippen molar-refractivity contribution in [3.8, 4) is 29.3 Å². The summed E-state index contributed by atoms with van der Waals surface area (Å²) in [5.41, 5.74) is 0.536. The smallest absolute Gasteiger partial charge is 0.326 e. The van der Waals surface area contributed by atoms with Gasteiger partial charge in [-0.15, -0.1) is 45.3 Å². The van der Waals surface area contributed by atoms with Crippen LogP contribution in [0.4, 0.5) is 0 Å². The molecule has 766 valence electrons. The van der Waals surface area contributed by atoms with Crippen molar-refractivity contribution in [2.45, 2.75) is 153 Å². The van der Waals surface area contributed by atoms with Gasteiger partial charge in [-0.05, 0) is 162 Å². The SMILES string of the molecule is CCCN1C(=O)c2ccc3c4c(ccc(c24)C1=O)C(=O)N(CCCC[C@H](NC(=O)CNC(=O)CNC(=O)c1ccc(-c2ccc(-c4ccc(-c5ccc(C(=O)NCC(=O)NCC(=O)N[C@@H](CCCCN6C(=O)c7ccc8c9c(ccc(c79)C6=O)C(=O)N(CCC)C8=O)C(=O)N[C@@H](CC(=O)O)C(=O)N[C@@H](C)C(=O)N[C@@H](CC(=O)O)C(=O)O)s5)s4)s2)s1)C(=O)N[C@@H](CC(=O)O)C(=O)N[C@@H](C)C(=O)N[C@@H](CC(=O)O)C(=O)O)C3=O. The average molecular weight is 2090 g/mol. The number of carbonyl (C=O) groups is 26. The minimum absolute atomic E-state index is 0.0143. The molecular weight excluding hydrogens is 1990 g/mol. The summed E-state index contributed by atoms with van der Waals surface area (Å²) in [4.78, 5) is 352. The number of aliphatic carboxylic acids is 6. The predicted octanol–water partition coefficient (Wildman–Crippen LogP) is 1.86. The predicted molar refractivity (Wildman–Crippen MR) is 514 cm³/mol. The maximum Gasteiger partial charge on any atom is 0.326 e. The summed E-state index contributed by atoms with van der Waals surface area (Å²) in [6, 6.07) is 10.1. The fraction of sp³-hybridized carbons (Fsp3) is 0.340. The first kappa shape index (κ1) is 108. The molecule has 0 bridgehead atoms. The first-order chi connectivity index (χ1) is 69.4. The van der Waals surface area contributed by atoms with E-state index >= 15 is 0 Å². The Morgan fingerprint density at radius 3 is 0.774 bits per heavy atom. The van der Waals surface area contributed by atoms with Crippen molar-refractivity contribution in [1.82, 2.24) is 83.4 Å². The maximum absolute atomic E-state index is 14.2. The van der Waals surface area contributed by atoms with E-state index in [2.05, 4.69) is 53.2 Å². The van der Waals surface area contributed by atoms with E-state index in [1.54, 1.807) is 26.0 Å². The zero-order valence-corrected chi connectivity index (χ0v) is 81.0. The molecule has 4 aromatic carbocycles. The second-order valence-electron chi connectivity index (χ2n) is 33.8. The summed E-state index contributed by atoms with van der Waals surface area (Å²) in [6.07, 6.45) is -4.54. The molecule has 4 aliphatic heterocycles. The van der Waals surface area contributed by atoms with Gasteiger partial charge in [-0.1, -0.05) is 13.8 Å².